The molecular weight excluding hydrogens is 270 g/mol. The molecule has 9 heteroatoms. The summed E-state index contributed by atoms with van der Waals surface area (Å²) in [7, 11) is 1.45. The number of aromatic nitrogens is 3. The van der Waals surface area contributed by atoms with Crippen LogP contribution >= 0.6 is 11.8 Å². The Hall–Kier alpha value is -2.29. The van der Waals surface area contributed by atoms with Gasteiger partial charge in [-0.1, -0.05) is 0 Å². The van der Waals surface area contributed by atoms with Crippen LogP contribution in [0.5, 0.6) is 5.75 Å². The second kappa shape index (κ2) is 5.14. The molecule has 0 unspecified atom stereocenters. The highest BCUT2D eigenvalue weighted by Crippen LogP contribution is 2.35. The lowest BCUT2D eigenvalue weighted by Crippen LogP contribution is -2.11. The first-order chi connectivity index (χ1) is 9.02. The van der Waals surface area contributed by atoms with Crippen LogP contribution in [0.2, 0.25) is 0 Å². The summed E-state index contributed by atoms with van der Waals surface area (Å²) in [5, 5.41) is 19.1. The third-order valence-corrected chi connectivity index (χ3v) is 3.43. The average Bonchev–Trinajstić information content (AvgIpc) is 2.71. The van der Waals surface area contributed by atoms with Gasteiger partial charge in [-0.15, -0.1) is 10.2 Å². The van der Waals surface area contributed by atoms with Crippen LogP contribution in [0, 0.1) is 17.0 Å². The maximum absolute atomic E-state index is 11.0. The zero-order valence-corrected chi connectivity index (χ0v) is 11.0. The number of nitrogen functional groups attached to an aromatic ring is 1. The van der Waals surface area contributed by atoms with Gasteiger partial charge >= 0.3 is 0 Å². The number of nitrogens with zero attached hydrogens (tertiary/aromatic N) is 4. The molecule has 0 bridgehead atoms. The molecule has 2 N–H and O–H groups in total. The fraction of sp³-hybridized carbons (Fsp3) is 0.200. The Kier molecular flexibility index (Phi) is 3.56. The lowest BCUT2D eigenvalue weighted by atomic mass is 10.3. The predicted molar refractivity (Wildman–Crippen MR) is 68.7 cm³/mol. The minimum absolute atomic E-state index is 0.0648. The van der Waals surface area contributed by atoms with Gasteiger partial charge in [0.05, 0.1) is 23.0 Å². The molecule has 100 valence electrons. The number of rotatable bonds is 4. The van der Waals surface area contributed by atoms with Crippen LogP contribution in [0.3, 0.4) is 0 Å². The predicted octanol–water partition coefficient (Wildman–Crippen LogP) is 1.37. The second-order valence-electron chi connectivity index (χ2n) is 3.59. The number of benzene rings is 1. The van der Waals surface area contributed by atoms with Gasteiger partial charge in [0.15, 0.2) is 0 Å². The molecule has 1 aromatic carbocycles. The Labute approximate surface area is 112 Å². The Balaban J connectivity index is 2.39. The van der Waals surface area contributed by atoms with Gasteiger partial charge in [-0.25, -0.2) is 4.68 Å². The Morgan fingerprint density at radius 2 is 2.21 bits per heavy atom. The molecule has 0 aliphatic carbocycles. The average molecular weight is 281 g/mol. The lowest BCUT2D eigenvalue weighted by molar-refractivity contribution is -0.387. The van der Waals surface area contributed by atoms with Crippen LogP contribution in [-0.2, 0) is 0 Å². The molecule has 8 nitrogen and oxygen atoms in total. The van der Waals surface area contributed by atoms with Gasteiger partial charge in [-0.05, 0) is 30.8 Å². The highest BCUT2D eigenvalue weighted by Gasteiger charge is 2.19. The SMILES string of the molecule is COc1ccc(Sc2nnc(C)n2N)c([N+](=O)[O-])c1. The van der Waals surface area contributed by atoms with Gasteiger partial charge in [0.25, 0.3) is 5.69 Å². The summed E-state index contributed by atoms with van der Waals surface area (Å²) in [5.74, 6) is 6.65. The lowest BCUT2D eigenvalue weighted by Gasteiger charge is -2.04. The largest absolute Gasteiger partial charge is 0.497 e. The Morgan fingerprint density at radius 1 is 1.47 bits per heavy atom. The van der Waals surface area contributed by atoms with E-state index in [1.165, 1.54) is 17.9 Å². The van der Waals surface area contributed by atoms with Crippen molar-refractivity contribution in [1.29, 1.82) is 0 Å². The van der Waals surface area contributed by atoms with Crippen molar-refractivity contribution in [3.8, 4) is 5.75 Å². The highest BCUT2D eigenvalue weighted by atomic mass is 32.2. The van der Waals surface area contributed by atoms with Gasteiger partial charge in [0.1, 0.15) is 11.6 Å². The molecular formula is C10H11N5O3S. The van der Waals surface area contributed by atoms with Crippen molar-refractivity contribution >= 4 is 17.4 Å². The summed E-state index contributed by atoms with van der Waals surface area (Å²) in [5.41, 5.74) is -0.0648. The van der Waals surface area contributed by atoms with Crippen LogP contribution < -0.4 is 10.6 Å². The summed E-state index contributed by atoms with van der Waals surface area (Å²) >= 11 is 1.08. The molecule has 1 aromatic heterocycles. The number of nitro benzene ring substituents is 1. The maximum Gasteiger partial charge on any atom is 0.287 e. The zero-order chi connectivity index (χ0) is 14.0. The standard InChI is InChI=1S/C10H11N5O3S/c1-6-12-13-10(14(6)11)19-9-4-3-7(18-2)5-8(9)15(16)17/h3-5H,11H2,1-2H3. The van der Waals surface area contributed by atoms with E-state index in [2.05, 4.69) is 10.2 Å². The van der Waals surface area contributed by atoms with Gasteiger partial charge < -0.3 is 10.6 Å². The fourth-order valence-electron chi connectivity index (χ4n) is 1.37. The van der Waals surface area contributed by atoms with E-state index in [1.54, 1.807) is 19.1 Å². The van der Waals surface area contributed by atoms with Gasteiger partial charge in [-0.2, -0.15) is 0 Å². The van der Waals surface area contributed by atoms with Crippen LogP contribution in [0.15, 0.2) is 28.3 Å². The van der Waals surface area contributed by atoms with Crippen molar-refractivity contribution in [3.63, 3.8) is 0 Å². The van der Waals surface area contributed by atoms with Crippen LogP contribution in [0.4, 0.5) is 5.69 Å². The van der Waals surface area contributed by atoms with Crippen molar-refractivity contribution in [3.05, 3.63) is 34.1 Å². The summed E-state index contributed by atoms with van der Waals surface area (Å²) in [6.07, 6.45) is 0. The molecule has 0 fully saturated rings. The molecule has 2 aromatic rings. The first-order valence-electron chi connectivity index (χ1n) is 5.20. The van der Waals surface area contributed by atoms with E-state index in [0.717, 1.165) is 11.8 Å². The molecule has 0 atom stereocenters. The van der Waals surface area contributed by atoms with E-state index < -0.39 is 4.92 Å². The van der Waals surface area contributed by atoms with Gasteiger partial charge in [0, 0.05) is 0 Å². The molecule has 19 heavy (non-hydrogen) atoms. The smallest absolute Gasteiger partial charge is 0.287 e. The molecule has 0 saturated heterocycles. The minimum Gasteiger partial charge on any atom is -0.497 e. The van der Waals surface area contributed by atoms with E-state index in [9.17, 15) is 10.1 Å². The van der Waals surface area contributed by atoms with Gasteiger partial charge in [0.2, 0.25) is 5.16 Å². The van der Waals surface area contributed by atoms with E-state index >= 15 is 0 Å². The Bertz CT molecular complexity index is 628. The zero-order valence-electron chi connectivity index (χ0n) is 10.2. The fourth-order valence-corrected chi connectivity index (χ4v) is 2.25. The van der Waals surface area contributed by atoms with Crippen molar-refractivity contribution < 1.29 is 9.66 Å². The van der Waals surface area contributed by atoms with Crippen molar-refractivity contribution in [2.45, 2.75) is 17.0 Å². The van der Waals surface area contributed by atoms with Crippen molar-refractivity contribution in [1.82, 2.24) is 14.9 Å². The maximum atomic E-state index is 11.0. The van der Waals surface area contributed by atoms with E-state index in [-0.39, 0.29) is 5.69 Å². The normalized spacial score (nSPS) is 10.4. The number of nitrogens with two attached hydrogens (primary N) is 1. The van der Waals surface area contributed by atoms with E-state index in [1.807, 2.05) is 0 Å². The quantitative estimate of drug-likeness (QED) is 0.512. The molecule has 0 radical (unpaired) electrons. The van der Waals surface area contributed by atoms with Crippen LogP contribution in [0.1, 0.15) is 5.82 Å². The van der Waals surface area contributed by atoms with Gasteiger partial charge in [-0.3, -0.25) is 10.1 Å². The summed E-state index contributed by atoms with van der Waals surface area (Å²) in [6, 6.07) is 4.58. The topological polar surface area (TPSA) is 109 Å². The monoisotopic (exact) mass is 281 g/mol. The first kappa shape index (κ1) is 13.1. The third-order valence-electron chi connectivity index (χ3n) is 2.40. The molecule has 1 heterocycles. The Morgan fingerprint density at radius 3 is 2.74 bits per heavy atom. The molecule has 0 saturated carbocycles. The minimum atomic E-state index is -0.477. The van der Waals surface area contributed by atoms with E-state index in [0.29, 0.717) is 21.6 Å². The first-order valence-corrected chi connectivity index (χ1v) is 6.02. The third kappa shape index (κ3) is 2.60. The molecule has 0 aliphatic heterocycles. The van der Waals surface area contributed by atoms with Crippen LogP contribution in [-0.4, -0.2) is 26.9 Å². The molecule has 0 spiro atoms. The number of hydrogen-bond acceptors (Lipinski definition) is 7. The number of hydrogen-bond donors (Lipinski definition) is 1. The molecule has 2 rings (SSSR count). The van der Waals surface area contributed by atoms with Crippen molar-refractivity contribution in [2.24, 2.45) is 0 Å². The summed E-state index contributed by atoms with van der Waals surface area (Å²) in [4.78, 5) is 11.0. The summed E-state index contributed by atoms with van der Waals surface area (Å²) < 4.78 is 6.24. The number of ether oxygens (including phenoxy) is 1. The van der Waals surface area contributed by atoms with E-state index in [4.69, 9.17) is 10.6 Å². The van der Waals surface area contributed by atoms with Crippen molar-refractivity contribution in [2.75, 3.05) is 13.0 Å². The molecule has 0 amide bonds. The van der Waals surface area contributed by atoms with Crippen LogP contribution in [0.25, 0.3) is 0 Å². The molecule has 0 aliphatic rings. The number of nitro groups is 1. The number of aryl methyl sites for hydroxylation is 1. The highest BCUT2D eigenvalue weighted by molar-refractivity contribution is 7.99. The summed E-state index contributed by atoms with van der Waals surface area (Å²) in [6.45, 7) is 1.69. The second-order valence-corrected chi connectivity index (χ2v) is 4.60. The number of methoxy groups -OCH3 is 1.